The van der Waals surface area contributed by atoms with E-state index in [-0.39, 0.29) is 11.9 Å². The van der Waals surface area contributed by atoms with Gasteiger partial charge in [0.25, 0.3) is 5.91 Å². The summed E-state index contributed by atoms with van der Waals surface area (Å²) in [6.45, 7) is 2.31. The summed E-state index contributed by atoms with van der Waals surface area (Å²) in [5.74, 6) is 1.13. The van der Waals surface area contributed by atoms with Crippen molar-refractivity contribution in [2.75, 3.05) is 7.11 Å². The second-order valence-electron chi connectivity index (χ2n) is 6.33. The molecular weight excluding hydrogens is 342 g/mol. The average Bonchev–Trinajstić information content (AvgIpc) is 2.73. The van der Waals surface area contributed by atoms with Crippen LogP contribution >= 0.6 is 0 Å². The number of amides is 1. The molecule has 0 unspecified atom stereocenters. The van der Waals surface area contributed by atoms with Gasteiger partial charge < -0.3 is 14.8 Å². The maximum atomic E-state index is 12.7. The number of carbonyl (C=O) groups excluding carboxylic acids is 1. The van der Waals surface area contributed by atoms with Crippen molar-refractivity contribution < 1.29 is 14.3 Å². The zero-order valence-corrected chi connectivity index (χ0v) is 15.1. The molecule has 2 aromatic heterocycles. The first-order chi connectivity index (χ1) is 13.2. The topological polar surface area (TPSA) is 73.3 Å². The predicted molar refractivity (Wildman–Crippen MR) is 101 cm³/mol. The first kappa shape index (κ1) is 17.0. The van der Waals surface area contributed by atoms with Crippen LogP contribution in [0.1, 0.15) is 34.6 Å². The van der Waals surface area contributed by atoms with Crippen LogP contribution in [0.2, 0.25) is 0 Å². The van der Waals surface area contributed by atoms with E-state index in [1.165, 1.54) is 0 Å². The fraction of sp³-hybridized carbons (Fsp3) is 0.190. The number of hydrogen-bond donors (Lipinski definition) is 1. The number of pyridine rings is 2. The van der Waals surface area contributed by atoms with Gasteiger partial charge in [0.1, 0.15) is 12.4 Å². The van der Waals surface area contributed by atoms with Gasteiger partial charge in [-0.15, -0.1) is 0 Å². The molecule has 0 fully saturated rings. The zero-order valence-electron chi connectivity index (χ0n) is 15.1. The number of benzene rings is 1. The molecule has 1 N–H and O–H groups in total. The number of rotatable bonds is 4. The molecule has 1 aromatic carbocycles. The highest BCUT2D eigenvalue weighted by molar-refractivity contribution is 5.95. The third kappa shape index (κ3) is 3.33. The molecule has 0 saturated carbocycles. The second kappa shape index (κ2) is 7.07. The fourth-order valence-corrected chi connectivity index (χ4v) is 3.13. The summed E-state index contributed by atoms with van der Waals surface area (Å²) in [6, 6.07) is 12.8. The minimum Gasteiger partial charge on any atom is -0.487 e. The molecule has 3 heterocycles. The molecule has 6 nitrogen and oxygen atoms in total. The lowest BCUT2D eigenvalue weighted by Gasteiger charge is -2.21. The van der Waals surface area contributed by atoms with Crippen molar-refractivity contribution in [3.63, 3.8) is 0 Å². The Kier molecular flexibility index (Phi) is 4.46. The Morgan fingerprint density at radius 1 is 1.22 bits per heavy atom. The Bertz CT molecular complexity index is 1000. The molecule has 27 heavy (non-hydrogen) atoms. The largest absolute Gasteiger partial charge is 0.487 e. The van der Waals surface area contributed by atoms with Crippen LogP contribution in [0.25, 0.3) is 11.1 Å². The first-order valence-corrected chi connectivity index (χ1v) is 8.67. The molecule has 3 aromatic rings. The first-order valence-electron chi connectivity index (χ1n) is 8.67. The molecule has 6 heteroatoms. The van der Waals surface area contributed by atoms with E-state index in [2.05, 4.69) is 15.3 Å². The van der Waals surface area contributed by atoms with Gasteiger partial charge in [0.05, 0.1) is 25.0 Å². The van der Waals surface area contributed by atoms with Crippen LogP contribution in [0.3, 0.4) is 0 Å². The molecule has 0 bridgehead atoms. The SMILES string of the molecule is COc1cccc([C@@H](C)NC(=O)c2ccc3c(c2)COc2cnccc2-3)n1. The summed E-state index contributed by atoms with van der Waals surface area (Å²) in [5, 5.41) is 2.98. The Labute approximate surface area is 157 Å². The third-order valence-electron chi connectivity index (χ3n) is 4.57. The maximum Gasteiger partial charge on any atom is 0.251 e. The van der Waals surface area contributed by atoms with Gasteiger partial charge in [0.15, 0.2) is 0 Å². The number of methoxy groups -OCH3 is 1. The molecule has 1 aliphatic heterocycles. The predicted octanol–water partition coefficient (Wildman–Crippen LogP) is 3.54. The van der Waals surface area contributed by atoms with Crippen molar-refractivity contribution in [2.45, 2.75) is 19.6 Å². The van der Waals surface area contributed by atoms with E-state index in [0.717, 1.165) is 28.1 Å². The van der Waals surface area contributed by atoms with Crippen LogP contribution in [0.4, 0.5) is 0 Å². The van der Waals surface area contributed by atoms with Crippen LogP contribution in [0.5, 0.6) is 11.6 Å². The summed E-state index contributed by atoms with van der Waals surface area (Å²) in [4.78, 5) is 21.2. The van der Waals surface area contributed by atoms with Gasteiger partial charge >= 0.3 is 0 Å². The quantitative estimate of drug-likeness (QED) is 0.769. The summed E-state index contributed by atoms with van der Waals surface area (Å²) in [7, 11) is 1.57. The van der Waals surface area contributed by atoms with Crippen molar-refractivity contribution in [3.8, 4) is 22.8 Å². The lowest BCUT2D eigenvalue weighted by molar-refractivity contribution is 0.0939. The van der Waals surface area contributed by atoms with E-state index < -0.39 is 0 Å². The Hall–Kier alpha value is -3.41. The zero-order chi connectivity index (χ0) is 18.8. The molecule has 136 valence electrons. The molecule has 0 aliphatic carbocycles. The summed E-state index contributed by atoms with van der Waals surface area (Å²) in [5.41, 5.74) is 4.37. The summed E-state index contributed by atoms with van der Waals surface area (Å²) >= 11 is 0. The van der Waals surface area contributed by atoms with Gasteiger partial charge in [0.2, 0.25) is 5.88 Å². The number of aromatic nitrogens is 2. The Morgan fingerprint density at radius 3 is 2.96 bits per heavy atom. The summed E-state index contributed by atoms with van der Waals surface area (Å²) < 4.78 is 10.9. The monoisotopic (exact) mass is 361 g/mol. The van der Waals surface area contributed by atoms with Gasteiger partial charge in [-0.25, -0.2) is 4.98 Å². The third-order valence-corrected chi connectivity index (χ3v) is 4.57. The fourth-order valence-electron chi connectivity index (χ4n) is 3.13. The number of nitrogens with zero attached hydrogens (tertiary/aromatic N) is 2. The molecule has 0 spiro atoms. The lowest BCUT2D eigenvalue weighted by atomic mass is 9.96. The summed E-state index contributed by atoms with van der Waals surface area (Å²) in [6.07, 6.45) is 3.45. The van der Waals surface area contributed by atoms with Crippen LogP contribution in [-0.2, 0) is 6.61 Å². The molecule has 1 amide bonds. The van der Waals surface area contributed by atoms with Gasteiger partial charge in [-0.3, -0.25) is 9.78 Å². The van der Waals surface area contributed by atoms with Crippen molar-refractivity contribution in [2.24, 2.45) is 0 Å². The van der Waals surface area contributed by atoms with E-state index in [0.29, 0.717) is 18.1 Å². The van der Waals surface area contributed by atoms with E-state index in [1.807, 2.05) is 43.3 Å². The molecular formula is C21H19N3O3. The lowest BCUT2D eigenvalue weighted by Crippen LogP contribution is -2.27. The van der Waals surface area contributed by atoms with Crippen molar-refractivity contribution >= 4 is 5.91 Å². The number of hydrogen-bond acceptors (Lipinski definition) is 5. The minimum atomic E-state index is -0.244. The van der Waals surface area contributed by atoms with E-state index in [1.54, 1.807) is 25.6 Å². The highest BCUT2D eigenvalue weighted by atomic mass is 16.5. The minimum absolute atomic E-state index is 0.157. The molecule has 4 rings (SSSR count). The molecule has 1 aliphatic rings. The van der Waals surface area contributed by atoms with Crippen LogP contribution in [-0.4, -0.2) is 23.0 Å². The van der Waals surface area contributed by atoms with Gasteiger partial charge in [-0.1, -0.05) is 12.1 Å². The van der Waals surface area contributed by atoms with Gasteiger partial charge in [-0.05, 0) is 42.3 Å². The van der Waals surface area contributed by atoms with E-state index in [4.69, 9.17) is 9.47 Å². The number of nitrogens with one attached hydrogen (secondary N) is 1. The van der Waals surface area contributed by atoms with Crippen LogP contribution < -0.4 is 14.8 Å². The molecule has 0 radical (unpaired) electrons. The number of ether oxygens (including phenoxy) is 2. The highest BCUT2D eigenvalue weighted by Crippen LogP contribution is 2.36. The van der Waals surface area contributed by atoms with Crippen molar-refractivity contribution in [1.29, 1.82) is 0 Å². The van der Waals surface area contributed by atoms with Crippen molar-refractivity contribution in [1.82, 2.24) is 15.3 Å². The van der Waals surface area contributed by atoms with Crippen LogP contribution in [0, 0.1) is 0 Å². The standard InChI is InChI=1S/C21H19N3O3/c1-13(18-4-3-5-20(24-18)26-2)23-21(25)14-6-7-16-15(10-14)12-27-19-11-22-9-8-17(16)19/h3-11,13H,12H2,1-2H3,(H,23,25)/t13-/m1/s1. The number of carbonyl (C=O) groups is 1. The maximum absolute atomic E-state index is 12.7. The number of fused-ring (bicyclic) bond motifs is 3. The Balaban J connectivity index is 1.55. The Morgan fingerprint density at radius 2 is 2.11 bits per heavy atom. The average molecular weight is 361 g/mol. The second-order valence-corrected chi connectivity index (χ2v) is 6.33. The normalized spacial score (nSPS) is 13.0. The van der Waals surface area contributed by atoms with Gasteiger partial charge in [-0.2, -0.15) is 0 Å². The highest BCUT2D eigenvalue weighted by Gasteiger charge is 2.20. The molecule has 1 atom stereocenters. The van der Waals surface area contributed by atoms with Gasteiger partial charge in [0, 0.05) is 23.4 Å². The van der Waals surface area contributed by atoms with E-state index >= 15 is 0 Å². The molecule has 0 saturated heterocycles. The van der Waals surface area contributed by atoms with Crippen LogP contribution in [0.15, 0.2) is 54.9 Å². The van der Waals surface area contributed by atoms with Crippen molar-refractivity contribution in [3.05, 3.63) is 71.7 Å². The smallest absolute Gasteiger partial charge is 0.251 e. The van der Waals surface area contributed by atoms with E-state index in [9.17, 15) is 4.79 Å².